The van der Waals surface area contributed by atoms with Crippen molar-refractivity contribution in [1.82, 2.24) is 10.6 Å². The number of hydrogen-bond donors (Lipinski definition) is 2. The van der Waals surface area contributed by atoms with Crippen molar-refractivity contribution in [1.29, 1.82) is 0 Å². The molecule has 0 saturated carbocycles. The lowest BCUT2D eigenvalue weighted by Gasteiger charge is -2.20. The van der Waals surface area contributed by atoms with Gasteiger partial charge in [-0.2, -0.15) is 0 Å². The van der Waals surface area contributed by atoms with Crippen LogP contribution in [-0.2, 0) is 4.79 Å². The third-order valence-corrected chi connectivity index (χ3v) is 3.41. The molecule has 4 heteroatoms. The average molecular weight is 254 g/mol. The summed E-state index contributed by atoms with van der Waals surface area (Å²) >= 11 is 1.67. The largest absolute Gasteiger partial charge is 0.349 e. The van der Waals surface area contributed by atoms with E-state index in [0.717, 1.165) is 0 Å². The second kappa shape index (κ2) is 6.17. The first-order valence-corrected chi connectivity index (χ1v) is 6.84. The first-order chi connectivity index (χ1) is 7.88. The van der Waals surface area contributed by atoms with E-state index in [1.165, 1.54) is 4.88 Å². The third kappa shape index (κ3) is 5.84. The minimum Gasteiger partial charge on any atom is -0.349 e. The monoisotopic (exact) mass is 254 g/mol. The molecule has 0 aliphatic rings. The summed E-state index contributed by atoms with van der Waals surface area (Å²) in [7, 11) is 0. The first kappa shape index (κ1) is 14.2. The van der Waals surface area contributed by atoms with Gasteiger partial charge in [0.2, 0.25) is 5.91 Å². The molecule has 2 N–H and O–H groups in total. The molecule has 0 aromatic carbocycles. The quantitative estimate of drug-likeness (QED) is 0.848. The summed E-state index contributed by atoms with van der Waals surface area (Å²) in [5.74, 6) is 0.0997. The summed E-state index contributed by atoms with van der Waals surface area (Å²) in [6.07, 6.45) is 0.521. The molecule has 0 saturated heterocycles. The summed E-state index contributed by atoms with van der Waals surface area (Å²) in [6.45, 7) is 9.02. The van der Waals surface area contributed by atoms with Gasteiger partial charge < -0.3 is 10.6 Å². The molecular weight excluding hydrogens is 232 g/mol. The van der Waals surface area contributed by atoms with Crippen molar-refractivity contribution in [2.45, 2.75) is 45.7 Å². The highest BCUT2D eigenvalue weighted by molar-refractivity contribution is 7.10. The fourth-order valence-corrected chi connectivity index (χ4v) is 2.21. The predicted molar refractivity (Wildman–Crippen MR) is 73.2 cm³/mol. The Labute approximate surface area is 108 Å². The van der Waals surface area contributed by atoms with Crippen LogP contribution in [0.1, 0.15) is 45.0 Å². The van der Waals surface area contributed by atoms with Crippen LogP contribution < -0.4 is 10.6 Å². The number of carbonyl (C=O) groups is 1. The maximum Gasteiger partial charge on any atom is 0.221 e. The lowest BCUT2D eigenvalue weighted by atomic mass is 10.1. The van der Waals surface area contributed by atoms with Crippen LogP contribution in [0, 0.1) is 0 Å². The molecule has 0 fully saturated rings. The molecule has 1 atom stereocenters. The Balaban J connectivity index is 2.26. The van der Waals surface area contributed by atoms with Crippen molar-refractivity contribution in [3.63, 3.8) is 0 Å². The fourth-order valence-electron chi connectivity index (χ4n) is 1.47. The third-order valence-electron chi connectivity index (χ3n) is 2.35. The normalized spacial score (nSPS) is 13.4. The zero-order chi connectivity index (χ0) is 12.9. The molecule has 0 aliphatic heterocycles. The van der Waals surface area contributed by atoms with Gasteiger partial charge in [0.15, 0.2) is 0 Å². The maximum absolute atomic E-state index is 11.7. The summed E-state index contributed by atoms with van der Waals surface area (Å²) in [4.78, 5) is 12.9. The van der Waals surface area contributed by atoms with Crippen molar-refractivity contribution in [2.75, 3.05) is 6.54 Å². The molecule has 17 heavy (non-hydrogen) atoms. The number of thiophene rings is 1. The molecule has 0 aliphatic carbocycles. The molecule has 3 nitrogen and oxygen atoms in total. The number of hydrogen-bond acceptors (Lipinski definition) is 3. The van der Waals surface area contributed by atoms with Crippen LogP contribution in [0.5, 0.6) is 0 Å². The Morgan fingerprint density at radius 1 is 1.47 bits per heavy atom. The fraction of sp³-hybridized carbons (Fsp3) is 0.615. The topological polar surface area (TPSA) is 41.1 Å². The molecular formula is C13H22N2OS. The van der Waals surface area contributed by atoms with Crippen LogP contribution in [0.4, 0.5) is 0 Å². The molecule has 1 heterocycles. The molecule has 0 unspecified atom stereocenters. The van der Waals surface area contributed by atoms with E-state index in [1.54, 1.807) is 11.3 Å². The van der Waals surface area contributed by atoms with E-state index in [0.29, 0.717) is 13.0 Å². The summed E-state index contributed by atoms with van der Waals surface area (Å²) in [5.41, 5.74) is 0.0691. The Hall–Kier alpha value is -0.870. The van der Waals surface area contributed by atoms with E-state index in [4.69, 9.17) is 0 Å². The van der Waals surface area contributed by atoms with Gasteiger partial charge in [-0.3, -0.25) is 4.79 Å². The Morgan fingerprint density at radius 3 is 2.71 bits per heavy atom. The minimum atomic E-state index is 0.0691. The van der Waals surface area contributed by atoms with Crippen molar-refractivity contribution < 1.29 is 4.79 Å². The van der Waals surface area contributed by atoms with Gasteiger partial charge >= 0.3 is 0 Å². The summed E-state index contributed by atoms with van der Waals surface area (Å²) < 4.78 is 0. The second-order valence-electron chi connectivity index (χ2n) is 5.23. The van der Waals surface area contributed by atoms with Gasteiger partial charge in [-0.25, -0.2) is 0 Å². The Kier molecular flexibility index (Phi) is 5.15. The zero-order valence-electron chi connectivity index (χ0n) is 11.0. The molecule has 1 aromatic rings. The summed E-state index contributed by atoms with van der Waals surface area (Å²) in [6, 6.07) is 4.16. The van der Waals surface area contributed by atoms with E-state index < -0.39 is 0 Å². The van der Waals surface area contributed by atoms with Crippen molar-refractivity contribution in [2.24, 2.45) is 0 Å². The van der Waals surface area contributed by atoms with Gasteiger partial charge in [0.05, 0.1) is 6.04 Å². The number of amides is 1. The predicted octanol–water partition coefficient (Wildman–Crippen LogP) is 2.70. The second-order valence-corrected chi connectivity index (χ2v) is 6.21. The molecule has 96 valence electrons. The average Bonchev–Trinajstić information content (AvgIpc) is 2.67. The van der Waals surface area contributed by atoms with Gasteiger partial charge in [-0.05, 0) is 39.1 Å². The SMILES string of the molecule is C[C@H](NC(=O)CCNC(C)(C)C)c1cccs1. The highest BCUT2D eigenvalue weighted by Crippen LogP contribution is 2.17. The van der Waals surface area contributed by atoms with E-state index in [2.05, 4.69) is 31.4 Å². The molecule has 1 rings (SSSR count). The van der Waals surface area contributed by atoms with Gasteiger partial charge in [0.25, 0.3) is 0 Å². The first-order valence-electron chi connectivity index (χ1n) is 5.96. The van der Waals surface area contributed by atoms with E-state index in [-0.39, 0.29) is 17.5 Å². The van der Waals surface area contributed by atoms with Gasteiger partial charge in [-0.1, -0.05) is 6.07 Å². The van der Waals surface area contributed by atoms with Crippen LogP contribution in [0.15, 0.2) is 17.5 Å². The Bertz CT molecular complexity index is 341. The lowest BCUT2D eigenvalue weighted by molar-refractivity contribution is -0.121. The number of nitrogens with one attached hydrogen (secondary N) is 2. The molecule has 0 bridgehead atoms. The van der Waals surface area contributed by atoms with Gasteiger partial charge in [0.1, 0.15) is 0 Å². The Morgan fingerprint density at radius 2 is 2.18 bits per heavy atom. The van der Waals surface area contributed by atoms with E-state index >= 15 is 0 Å². The lowest BCUT2D eigenvalue weighted by Crippen LogP contribution is -2.38. The van der Waals surface area contributed by atoms with Crippen LogP contribution in [0.25, 0.3) is 0 Å². The maximum atomic E-state index is 11.7. The highest BCUT2D eigenvalue weighted by atomic mass is 32.1. The minimum absolute atomic E-state index is 0.0691. The number of carbonyl (C=O) groups excluding carboxylic acids is 1. The van der Waals surface area contributed by atoms with Crippen LogP contribution >= 0.6 is 11.3 Å². The van der Waals surface area contributed by atoms with Gasteiger partial charge in [-0.15, -0.1) is 11.3 Å². The zero-order valence-corrected chi connectivity index (χ0v) is 11.9. The van der Waals surface area contributed by atoms with Crippen LogP contribution in [0.2, 0.25) is 0 Å². The van der Waals surface area contributed by atoms with Gasteiger partial charge in [0, 0.05) is 23.4 Å². The standard InChI is InChI=1S/C13H22N2OS/c1-10(11-6-5-9-17-11)15-12(16)7-8-14-13(2,3)4/h5-6,9-10,14H,7-8H2,1-4H3,(H,15,16)/t10-/m0/s1. The van der Waals surface area contributed by atoms with Crippen molar-refractivity contribution in [3.05, 3.63) is 22.4 Å². The molecule has 0 spiro atoms. The van der Waals surface area contributed by atoms with E-state index in [9.17, 15) is 4.79 Å². The van der Waals surface area contributed by atoms with E-state index in [1.807, 2.05) is 24.4 Å². The number of rotatable bonds is 5. The molecule has 1 aromatic heterocycles. The molecule has 1 amide bonds. The smallest absolute Gasteiger partial charge is 0.221 e. The van der Waals surface area contributed by atoms with Crippen LogP contribution in [0.3, 0.4) is 0 Å². The molecule has 0 radical (unpaired) electrons. The van der Waals surface area contributed by atoms with Crippen molar-refractivity contribution in [3.8, 4) is 0 Å². The highest BCUT2D eigenvalue weighted by Gasteiger charge is 2.12. The van der Waals surface area contributed by atoms with Crippen molar-refractivity contribution >= 4 is 17.2 Å². The van der Waals surface area contributed by atoms with Crippen LogP contribution in [-0.4, -0.2) is 18.0 Å². The summed E-state index contributed by atoms with van der Waals surface area (Å²) in [5, 5.41) is 8.33.